The molecule has 2 atom stereocenters. The maximum atomic E-state index is 9.82. The van der Waals surface area contributed by atoms with Crippen LogP contribution in [0.25, 0.3) is 0 Å². The molecule has 0 aromatic heterocycles. The third-order valence-corrected chi connectivity index (χ3v) is 5.44. The van der Waals surface area contributed by atoms with E-state index in [9.17, 15) is 4.79 Å². The second-order valence-electron chi connectivity index (χ2n) is 7.82. The highest BCUT2D eigenvalue weighted by Crippen LogP contribution is 2.36. The minimum atomic E-state index is -0.211. The van der Waals surface area contributed by atoms with Gasteiger partial charge in [0.25, 0.3) is 0 Å². The topological polar surface area (TPSA) is 56.8 Å². The van der Waals surface area contributed by atoms with Crippen molar-refractivity contribution in [3.63, 3.8) is 0 Å². The molecule has 0 saturated carbocycles. The molecule has 0 aliphatic carbocycles. The van der Waals surface area contributed by atoms with Crippen LogP contribution in [0.4, 0.5) is 0 Å². The Kier molecular flexibility index (Phi) is 10.4. The van der Waals surface area contributed by atoms with Gasteiger partial charge in [0.15, 0.2) is 0 Å². The first-order valence-electron chi connectivity index (χ1n) is 11.2. The molecule has 0 radical (unpaired) electrons. The molecule has 1 aliphatic rings. The molecule has 0 bridgehead atoms. The number of carbonyl (C=O) groups is 1. The van der Waals surface area contributed by atoms with Crippen molar-refractivity contribution in [3.05, 3.63) is 59.2 Å². The van der Waals surface area contributed by atoms with Crippen LogP contribution < -0.4 is 14.8 Å². The number of carbonyl (C=O) groups excluding carboxylic acids is 1. The summed E-state index contributed by atoms with van der Waals surface area (Å²) >= 11 is 0. The van der Waals surface area contributed by atoms with E-state index in [0.29, 0.717) is 18.6 Å². The molecule has 2 aromatic carbocycles. The molecule has 2 aromatic rings. The standard InChI is InChI=1S/C22H29NO2.C4H8O2/c1-4-5-12-25-22-14-18(7-6-16(22)2)19-13-21(23-15-19)17-8-10-20(24-3)11-9-17;1-3-6-4(2)5/h6-11,14,19,21,23H,4-5,12-13,15H2,1-3H3;3H2,1-2H3. The molecule has 31 heavy (non-hydrogen) atoms. The highest BCUT2D eigenvalue weighted by molar-refractivity contribution is 5.65. The smallest absolute Gasteiger partial charge is 0.302 e. The van der Waals surface area contributed by atoms with E-state index in [1.165, 1.54) is 23.6 Å². The summed E-state index contributed by atoms with van der Waals surface area (Å²) in [5.74, 6) is 2.27. The number of hydrogen-bond acceptors (Lipinski definition) is 5. The van der Waals surface area contributed by atoms with Crippen LogP contribution in [0.1, 0.15) is 68.7 Å². The summed E-state index contributed by atoms with van der Waals surface area (Å²) in [5.41, 5.74) is 3.92. The lowest BCUT2D eigenvalue weighted by Gasteiger charge is -2.15. The minimum absolute atomic E-state index is 0.211. The molecular weight excluding hydrogens is 390 g/mol. The van der Waals surface area contributed by atoms with Gasteiger partial charge in [-0.2, -0.15) is 0 Å². The Bertz CT molecular complexity index is 804. The number of methoxy groups -OCH3 is 1. The number of rotatable bonds is 8. The SMILES string of the molecule is CCCCOc1cc(C2CNC(c3ccc(OC)cc3)C2)ccc1C.CCOC(C)=O. The van der Waals surface area contributed by atoms with Crippen LogP contribution >= 0.6 is 0 Å². The molecule has 0 spiro atoms. The van der Waals surface area contributed by atoms with Crippen LogP contribution in [0.2, 0.25) is 0 Å². The summed E-state index contributed by atoms with van der Waals surface area (Å²) < 4.78 is 15.6. The van der Waals surface area contributed by atoms with E-state index < -0.39 is 0 Å². The van der Waals surface area contributed by atoms with Crippen LogP contribution in [0.5, 0.6) is 11.5 Å². The van der Waals surface area contributed by atoms with Gasteiger partial charge in [0, 0.05) is 19.5 Å². The first-order chi connectivity index (χ1) is 15.0. The van der Waals surface area contributed by atoms with E-state index in [-0.39, 0.29) is 5.97 Å². The number of esters is 1. The third-order valence-electron chi connectivity index (χ3n) is 5.44. The lowest BCUT2D eigenvalue weighted by atomic mass is 9.93. The van der Waals surface area contributed by atoms with Crippen molar-refractivity contribution < 1.29 is 19.0 Å². The van der Waals surface area contributed by atoms with Crippen molar-refractivity contribution in [1.82, 2.24) is 5.32 Å². The van der Waals surface area contributed by atoms with Crippen molar-refractivity contribution in [2.24, 2.45) is 0 Å². The summed E-state index contributed by atoms with van der Waals surface area (Å²) in [6.45, 7) is 9.78. The molecule has 1 fully saturated rings. The normalized spacial score (nSPS) is 17.5. The second kappa shape index (κ2) is 13.0. The first kappa shape index (κ1) is 24.7. The van der Waals surface area contributed by atoms with Crippen molar-refractivity contribution in [1.29, 1.82) is 0 Å². The summed E-state index contributed by atoms with van der Waals surface area (Å²) in [6.07, 6.45) is 3.38. The second-order valence-corrected chi connectivity index (χ2v) is 7.82. The summed E-state index contributed by atoms with van der Waals surface area (Å²) in [6, 6.07) is 15.5. The average Bonchev–Trinajstić information content (AvgIpc) is 3.26. The van der Waals surface area contributed by atoms with Crippen molar-refractivity contribution in [2.75, 3.05) is 26.9 Å². The molecule has 2 unspecified atom stereocenters. The molecule has 170 valence electrons. The Labute approximate surface area is 187 Å². The van der Waals surface area contributed by atoms with Gasteiger partial charge in [0.1, 0.15) is 11.5 Å². The summed E-state index contributed by atoms with van der Waals surface area (Å²) in [7, 11) is 1.70. The van der Waals surface area contributed by atoms with Crippen LogP contribution in [0.15, 0.2) is 42.5 Å². The maximum Gasteiger partial charge on any atom is 0.302 e. The Hall–Kier alpha value is -2.53. The zero-order valence-electron chi connectivity index (χ0n) is 19.6. The molecular formula is C26H37NO4. The van der Waals surface area contributed by atoms with E-state index in [1.54, 1.807) is 14.0 Å². The Morgan fingerprint density at radius 1 is 1.10 bits per heavy atom. The number of unbranched alkanes of at least 4 members (excludes halogenated alkanes) is 1. The molecule has 5 nitrogen and oxygen atoms in total. The number of nitrogens with one attached hydrogen (secondary N) is 1. The highest BCUT2D eigenvalue weighted by atomic mass is 16.5. The average molecular weight is 428 g/mol. The predicted octanol–water partition coefficient (Wildman–Crippen LogP) is 5.57. The van der Waals surface area contributed by atoms with Crippen molar-refractivity contribution in [2.45, 2.75) is 58.9 Å². The molecule has 1 heterocycles. The van der Waals surface area contributed by atoms with Gasteiger partial charge < -0.3 is 19.5 Å². The molecule has 1 aliphatic heterocycles. The molecule has 5 heteroatoms. The first-order valence-corrected chi connectivity index (χ1v) is 11.2. The zero-order valence-corrected chi connectivity index (χ0v) is 19.6. The van der Waals surface area contributed by atoms with Gasteiger partial charge >= 0.3 is 5.97 Å². The van der Waals surface area contributed by atoms with E-state index in [2.05, 4.69) is 54.2 Å². The fraction of sp³-hybridized carbons (Fsp3) is 0.500. The molecule has 1 N–H and O–H groups in total. The van der Waals surface area contributed by atoms with Gasteiger partial charge in [-0.1, -0.05) is 37.6 Å². The Morgan fingerprint density at radius 3 is 2.39 bits per heavy atom. The number of benzene rings is 2. The maximum absolute atomic E-state index is 9.82. The van der Waals surface area contributed by atoms with Crippen molar-refractivity contribution >= 4 is 5.97 Å². The van der Waals surface area contributed by atoms with Gasteiger partial charge in [0.05, 0.1) is 20.3 Å². The van der Waals surface area contributed by atoms with Gasteiger partial charge in [0.2, 0.25) is 0 Å². The molecule has 3 rings (SSSR count). The lowest BCUT2D eigenvalue weighted by Crippen LogP contribution is -2.13. The van der Waals surface area contributed by atoms with E-state index >= 15 is 0 Å². The fourth-order valence-corrected chi connectivity index (χ4v) is 3.64. The summed E-state index contributed by atoms with van der Waals surface area (Å²) in [5, 5.41) is 3.66. The van der Waals surface area contributed by atoms with Gasteiger partial charge in [-0.05, 0) is 67.5 Å². The van der Waals surface area contributed by atoms with Gasteiger partial charge in [-0.3, -0.25) is 4.79 Å². The third kappa shape index (κ3) is 7.91. The van der Waals surface area contributed by atoms with E-state index in [1.807, 2.05) is 12.1 Å². The number of aryl methyl sites for hydroxylation is 1. The van der Waals surface area contributed by atoms with Crippen molar-refractivity contribution in [3.8, 4) is 11.5 Å². The van der Waals surface area contributed by atoms with Gasteiger partial charge in [-0.15, -0.1) is 0 Å². The van der Waals surface area contributed by atoms with Crippen LogP contribution in [0.3, 0.4) is 0 Å². The predicted molar refractivity (Wildman–Crippen MR) is 125 cm³/mol. The molecule has 0 amide bonds. The van der Waals surface area contributed by atoms with Crippen LogP contribution in [-0.4, -0.2) is 32.8 Å². The van der Waals surface area contributed by atoms with E-state index in [0.717, 1.165) is 43.9 Å². The monoisotopic (exact) mass is 427 g/mol. The number of ether oxygens (including phenoxy) is 3. The van der Waals surface area contributed by atoms with Gasteiger partial charge in [-0.25, -0.2) is 0 Å². The number of hydrogen-bond donors (Lipinski definition) is 1. The summed E-state index contributed by atoms with van der Waals surface area (Å²) in [4.78, 5) is 9.82. The largest absolute Gasteiger partial charge is 0.497 e. The fourth-order valence-electron chi connectivity index (χ4n) is 3.64. The zero-order chi connectivity index (χ0) is 22.6. The lowest BCUT2D eigenvalue weighted by molar-refractivity contribution is -0.140. The Morgan fingerprint density at radius 2 is 1.81 bits per heavy atom. The molecule has 1 saturated heterocycles. The van der Waals surface area contributed by atoms with Crippen LogP contribution in [0, 0.1) is 6.92 Å². The Balaban J connectivity index is 0.000000501. The quantitative estimate of drug-likeness (QED) is 0.441. The minimum Gasteiger partial charge on any atom is -0.497 e. The highest BCUT2D eigenvalue weighted by Gasteiger charge is 2.26. The van der Waals surface area contributed by atoms with Crippen LogP contribution in [-0.2, 0) is 9.53 Å². The van der Waals surface area contributed by atoms with E-state index in [4.69, 9.17) is 9.47 Å².